The van der Waals surface area contributed by atoms with Crippen molar-refractivity contribution < 1.29 is 18.7 Å². The molecule has 1 N–H and O–H groups in total. The van der Waals surface area contributed by atoms with E-state index in [1.807, 2.05) is 0 Å². The van der Waals surface area contributed by atoms with Crippen LogP contribution < -0.4 is 5.32 Å². The Hall–Kier alpha value is -2.04. The molecule has 0 unspecified atom stereocenters. The molecule has 0 aromatic carbocycles. The quantitative estimate of drug-likeness (QED) is 0.648. The molecule has 1 aliphatic rings. The maximum absolute atomic E-state index is 11.8. The molecule has 1 heterocycles. The van der Waals surface area contributed by atoms with Crippen LogP contribution in [-0.2, 0) is 9.53 Å². The van der Waals surface area contributed by atoms with Crippen molar-refractivity contribution in [1.29, 1.82) is 0 Å². The summed E-state index contributed by atoms with van der Waals surface area (Å²) in [4.78, 5) is 23.5. The Kier molecular flexibility index (Phi) is 5.81. The number of aryl methyl sites for hydroxylation is 2. The summed E-state index contributed by atoms with van der Waals surface area (Å²) < 4.78 is 10.3. The molecule has 5 heteroatoms. The first-order chi connectivity index (χ1) is 10.6. The molecular formula is C17H23NO4. The summed E-state index contributed by atoms with van der Waals surface area (Å²) in [6, 6.07) is 1.62. The monoisotopic (exact) mass is 305 g/mol. The van der Waals surface area contributed by atoms with Crippen LogP contribution >= 0.6 is 0 Å². The van der Waals surface area contributed by atoms with E-state index < -0.39 is 5.97 Å². The van der Waals surface area contributed by atoms with Crippen molar-refractivity contribution >= 4 is 11.9 Å². The molecule has 1 aliphatic carbocycles. The fourth-order valence-corrected chi connectivity index (χ4v) is 2.59. The number of amides is 1. The summed E-state index contributed by atoms with van der Waals surface area (Å²) >= 11 is 0. The average molecular weight is 305 g/mol. The second-order valence-corrected chi connectivity index (χ2v) is 5.61. The van der Waals surface area contributed by atoms with Gasteiger partial charge in [-0.05, 0) is 52.0 Å². The van der Waals surface area contributed by atoms with Gasteiger partial charge in [0.25, 0.3) is 5.91 Å². The molecule has 0 saturated heterocycles. The van der Waals surface area contributed by atoms with Crippen LogP contribution in [0.1, 0.15) is 54.0 Å². The molecule has 22 heavy (non-hydrogen) atoms. The van der Waals surface area contributed by atoms with E-state index in [-0.39, 0.29) is 12.5 Å². The Labute approximate surface area is 130 Å². The van der Waals surface area contributed by atoms with Crippen LogP contribution in [0.5, 0.6) is 0 Å². The minimum absolute atomic E-state index is 0.262. The molecule has 0 spiro atoms. The van der Waals surface area contributed by atoms with Gasteiger partial charge in [-0.1, -0.05) is 11.6 Å². The molecule has 1 amide bonds. The summed E-state index contributed by atoms with van der Waals surface area (Å²) in [5, 5.41) is 2.78. The lowest BCUT2D eigenvalue weighted by Crippen LogP contribution is -2.29. The number of rotatable bonds is 6. The molecule has 0 atom stereocenters. The number of esters is 1. The molecule has 1 aromatic heterocycles. The third kappa shape index (κ3) is 4.76. The van der Waals surface area contributed by atoms with Crippen LogP contribution in [-0.4, -0.2) is 25.0 Å². The fourth-order valence-electron chi connectivity index (χ4n) is 2.59. The van der Waals surface area contributed by atoms with E-state index in [0.717, 1.165) is 19.3 Å². The molecule has 5 nitrogen and oxygen atoms in total. The van der Waals surface area contributed by atoms with Gasteiger partial charge in [0.2, 0.25) is 0 Å². The fraction of sp³-hybridized carbons (Fsp3) is 0.529. The first-order valence-corrected chi connectivity index (χ1v) is 7.75. The highest BCUT2D eigenvalue weighted by Crippen LogP contribution is 2.19. The lowest BCUT2D eigenvalue weighted by atomic mass is 9.97. The van der Waals surface area contributed by atoms with Crippen molar-refractivity contribution in [3.05, 3.63) is 34.8 Å². The van der Waals surface area contributed by atoms with Crippen LogP contribution in [0.4, 0.5) is 0 Å². The molecule has 0 fully saturated rings. The van der Waals surface area contributed by atoms with Crippen molar-refractivity contribution in [2.75, 3.05) is 13.2 Å². The highest BCUT2D eigenvalue weighted by Gasteiger charge is 2.16. The van der Waals surface area contributed by atoms with Gasteiger partial charge in [-0.2, -0.15) is 0 Å². The second-order valence-electron chi connectivity index (χ2n) is 5.61. The van der Waals surface area contributed by atoms with Crippen molar-refractivity contribution in [1.82, 2.24) is 5.32 Å². The van der Waals surface area contributed by atoms with E-state index in [1.54, 1.807) is 19.9 Å². The molecule has 0 radical (unpaired) electrons. The number of carbonyl (C=O) groups excluding carboxylic acids is 2. The molecule has 0 saturated carbocycles. The molecule has 2 rings (SSSR count). The van der Waals surface area contributed by atoms with Gasteiger partial charge < -0.3 is 14.5 Å². The Bertz CT molecular complexity index is 571. The number of nitrogens with one attached hydrogen (secondary N) is 1. The summed E-state index contributed by atoms with van der Waals surface area (Å²) in [5.74, 6) is 0.351. The lowest BCUT2D eigenvalue weighted by molar-refractivity contribution is -0.124. The Morgan fingerprint density at radius 1 is 1.32 bits per heavy atom. The average Bonchev–Trinajstić information content (AvgIpc) is 2.84. The van der Waals surface area contributed by atoms with Gasteiger partial charge in [0.1, 0.15) is 17.1 Å². The number of ether oxygens (including phenoxy) is 1. The first kappa shape index (κ1) is 16.3. The van der Waals surface area contributed by atoms with Gasteiger partial charge in [0.15, 0.2) is 6.61 Å². The highest BCUT2D eigenvalue weighted by atomic mass is 16.5. The van der Waals surface area contributed by atoms with E-state index in [2.05, 4.69) is 11.4 Å². The first-order valence-electron chi connectivity index (χ1n) is 7.75. The second kappa shape index (κ2) is 7.82. The number of hydrogen-bond acceptors (Lipinski definition) is 4. The minimum Gasteiger partial charge on any atom is -0.466 e. The maximum atomic E-state index is 11.8. The van der Waals surface area contributed by atoms with E-state index in [4.69, 9.17) is 9.15 Å². The van der Waals surface area contributed by atoms with Crippen LogP contribution in [0.2, 0.25) is 0 Å². The van der Waals surface area contributed by atoms with Crippen molar-refractivity contribution in [3.63, 3.8) is 0 Å². The minimum atomic E-state index is -0.528. The van der Waals surface area contributed by atoms with Crippen LogP contribution in [0.25, 0.3) is 0 Å². The topological polar surface area (TPSA) is 68.5 Å². The van der Waals surface area contributed by atoms with E-state index in [1.165, 1.54) is 18.4 Å². The van der Waals surface area contributed by atoms with Gasteiger partial charge in [0, 0.05) is 6.54 Å². The van der Waals surface area contributed by atoms with Gasteiger partial charge >= 0.3 is 5.97 Å². The number of carbonyl (C=O) groups is 2. The molecule has 1 aromatic rings. The van der Waals surface area contributed by atoms with Gasteiger partial charge in [-0.25, -0.2) is 4.79 Å². The zero-order valence-electron chi connectivity index (χ0n) is 13.2. The summed E-state index contributed by atoms with van der Waals surface area (Å²) in [6.07, 6.45) is 7.91. The zero-order chi connectivity index (χ0) is 15.9. The van der Waals surface area contributed by atoms with Gasteiger partial charge in [-0.15, -0.1) is 0 Å². The smallest absolute Gasteiger partial charge is 0.342 e. The van der Waals surface area contributed by atoms with Crippen LogP contribution in [0.15, 0.2) is 22.1 Å². The summed E-state index contributed by atoms with van der Waals surface area (Å²) in [6.45, 7) is 3.78. The Balaban J connectivity index is 1.68. The summed E-state index contributed by atoms with van der Waals surface area (Å²) in [7, 11) is 0. The van der Waals surface area contributed by atoms with Crippen molar-refractivity contribution in [2.24, 2.45) is 0 Å². The van der Waals surface area contributed by atoms with E-state index in [0.29, 0.717) is 23.6 Å². The highest BCUT2D eigenvalue weighted by molar-refractivity contribution is 5.92. The largest absolute Gasteiger partial charge is 0.466 e. The SMILES string of the molecule is Cc1cc(C(=O)OCC(=O)NCCC2=CCCCC2)c(C)o1. The van der Waals surface area contributed by atoms with E-state index in [9.17, 15) is 9.59 Å². The van der Waals surface area contributed by atoms with Crippen LogP contribution in [0, 0.1) is 13.8 Å². The third-order valence-corrected chi connectivity index (χ3v) is 3.75. The standard InChI is InChI=1S/C17H23NO4/c1-12-10-15(13(2)22-12)17(20)21-11-16(19)18-9-8-14-6-4-3-5-7-14/h6,10H,3-5,7-9,11H2,1-2H3,(H,18,19). The Morgan fingerprint density at radius 2 is 2.14 bits per heavy atom. The molecule has 0 aliphatic heterocycles. The van der Waals surface area contributed by atoms with Crippen molar-refractivity contribution in [3.8, 4) is 0 Å². The van der Waals surface area contributed by atoms with Gasteiger partial charge in [-0.3, -0.25) is 4.79 Å². The van der Waals surface area contributed by atoms with Gasteiger partial charge in [0.05, 0.1) is 0 Å². The predicted molar refractivity (Wildman–Crippen MR) is 82.6 cm³/mol. The zero-order valence-corrected chi connectivity index (χ0v) is 13.2. The number of hydrogen-bond donors (Lipinski definition) is 1. The molecular weight excluding hydrogens is 282 g/mol. The normalized spacial score (nSPS) is 14.4. The number of allylic oxidation sites excluding steroid dienone is 1. The summed E-state index contributed by atoms with van der Waals surface area (Å²) in [5.41, 5.74) is 1.78. The maximum Gasteiger partial charge on any atom is 0.342 e. The Morgan fingerprint density at radius 3 is 2.77 bits per heavy atom. The molecule has 120 valence electrons. The van der Waals surface area contributed by atoms with Crippen LogP contribution in [0.3, 0.4) is 0 Å². The third-order valence-electron chi connectivity index (χ3n) is 3.75. The molecule has 0 bridgehead atoms. The number of furan rings is 1. The van der Waals surface area contributed by atoms with Crippen molar-refractivity contribution in [2.45, 2.75) is 46.0 Å². The lowest BCUT2D eigenvalue weighted by Gasteiger charge is -2.12. The predicted octanol–water partition coefficient (Wildman–Crippen LogP) is 3.06. The van der Waals surface area contributed by atoms with E-state index >= 15 is 0 Å².